The Kier molecular flexibility index (Phi) is 3.92. The van der Waals surface area contributed by atoms with E-state index in [9.17, 15) is 14.0 Å². The molecule has 3 aromatic rings. The van der Waals surface area contributed by atoms with Gasteiger partial charge in [-0.2, -0.15) is 0 Å². The lowest BCUT2D eigenvalue weighted by molar-refractivity contribution is 0.628. The highest BCUT2D eigenvalue weighted by molar-refractivity contribution is 6.33. The van der Waals surface area contributed by atoms with E-state index in [1.807, 2.05) is 18.2 Å². The Morgan fingerprint density at radius 3 is 2.44 bits per heavy atom. The molecule has 25 heavy (non-hydrogen) atoms. The molecule has 1 aliphatic carbocycles. The first-order valence-corrected chi connectivity index (χ1v) is 8.60. The molecular formula is C20H15ClFNO2. The van der Waals surface area contributed by atoms with Crippen molar-refractivity contribution in [1.29, 1.82) is 0 Å². The van der Waals surface area contributed by atoms with E-state index in [0.717, 1.165) is 30.9 Å². The van der Waals surface area contributed by atoms with Crippen LogP contribution in [0, 0.1) is 5.82 Å². The zero-order valence-corrected chi connectivity index (χ0v) is 14.1. The van der Waals surface area contributed by atoms with E-state index in [0.29, 0.717) is 11.3 Å². The molecule has 3 aromatic carbocycles. The first-order chi connectivity index (χ1) is 12.0. The van der Waals surface area contributed by atoms with Gasteiger partial charge in [0.1, 0.15) is 11.5 Å². The van der Waals surface area contributed by atoms with E-state index in [1.165, 1.54) is 29.7 Å². The third-order valence-electron chi connectivity index (χ3n) is 4.74. The number of hydrogen-bond acceptors (Lipinski definition) is 3. The molecule has 0 amide bonds. The van der Waals surface area contributed by atoms with E-state index in [4.69, 9.17) is 11.6 Å². The van der Waals surface area contributed by atoms with Gasteiger partial charge in [-0.15, -0.1) is 0 Å². The van der Waals surface area contributed by atoms with E-state index in [1.54, 1.807) is 0 Å². The van der Waals surface area contributed by atoms with Crippen molar-refractivity contribution in [2.45, 2.75) is 25.7 Å². The molecule has 0 saturated heterocycles. The summed E-state index contributed by atoms with van der Waals surface area (Å²) in [7, 11) is 0. The maximum Gasteiger partial charge on any atom is 0.250 e. The molecule has 0 radical (unpaired) electrons. The van der Waals surface area contributed by atoms with Crippen LogP contribution in [0.5, 0.6) is 0 Å². The molecule has 0 atom stereocenters. The minimum Gasteiger partial charge on any atom is -0.350 e. The van der Waals surface area contributed by atoms with Crippen LogP contribution in [0.15, 0.2) is 46.0 Å². The predicted octanol–water partition coefficient (Wildman–Crippen LogP) is 4.36. The minimum absolute atomic E-state index is 0.157. The van der Waals surface area contributed by atoms with Crippen LogP contribution in [0.3, 0.4) is 0 Å². The molecule has 126 valence electrons. The zero-order chi connectivity index (χ0) is 17.6. The number of aryl methyl sites for hydroxylation is 2. The Hall–Kier alpha value is -2.46. The lowest BCUT2D eigenvalue weighted by Gasteiger charge is -2.19. The summed E-state index contributed by atoms with van der Waals surface area (Å²) in [5.41, 5.74) is 3.20. The van der Waals surface area contributed by atoms with Crippen molar-refractivity contribution in [3.05, 3.63) is 78.8 Å². The van der Waals surface area contributed by atoms with Crippen LogP contribution in [0.25, 0.3) is 11.1 Å². The van der Waals surface area contributed by atoms with Gasteiger partial charge in [-0.1, -0.05) is 29.8 Å². The summed E-state index contributed by atoms with van der Waals surface area (Å²) < 4.78 is 13.2. The van der Waals surface area contributed by atoms with E-state index in [2.05, 4.69) is 5.32 Å². The Balaban J connectivity index is 1.74. The van der Waals surface area contributed by atoms with Crippen LogP contribution in [-0.2, 0) is 12.8 Å². The summed E-state index contributed by atoms with van der Waals surface area (Å²) in [5, 5.41) is 3.05. The molecule has 0 bridgehead atoms. The monoisotopic (exact) mass is 355 g/mol. The van der Waals surface area contributed by atoms with Crippen LogP contribution in [-0.4, -0.2) is 0 Å². The van der Waals surface area contributed by atoms with Crippen molar-refractivity contribution in [3.8, 4) is 11.1 Å². The first-order valence-electron chi connectivity index (χ1n) is 8.22. The van der Waals surface area contributed by atoms with Gasteiger partial charge in [0.05, 0.1) is 16.3 Å². The molecule has 5 heteroatoms. The summed E-state index contributed by atoms with van der Waals surface area (Å²) in [4.78, 5) is 24.2. The highest BCUT2D eigenvalue weighted by Crippen LogP contribution is 2.32. The number of hydrogen-bond donors (Lipinski definition) is 1. The van der Waals surface area contributed by atoms with Gasteiger partial charge < -0.3 is 5.32 Å². The molecule has 0 spiro atoms. The van der Waals surface area contributed by atoms with E-state index >= 15 is 0 Å². The molecule has 0 fully saturated rings. The second-order valence-corrected chi connectivity index (χ2v) is 6.76. The molecule has 0 aliphatic heterocycles. The Labute approximate surface area is 148 Å². The number of nitrogens with one attached hydrogen (secondary N) is 1. The van der Waals surface area contributed by atoms with Gasteiger partial charge in [0.25, 0.3) is 5.43 Å². The molecule has 1 N–H and O–H groups in total. The van der Waals surface area contributed by atoms with Gasteiger partial charge in [-0.3, -0.25) is 9.59 Å². The Morgan fingerprint density at radius 2 is 1.68 bits per heavy atom. The van der Waals surface area contributed by atoms with E-state index in [-0.39, 0.29) is 10.7 Å². The maximum atomic E-state index is 13.2. The molecule has 0 unspecified atom stereocenters. The van der Waals surface area contributed by atoms with Gasteiger partial charge >= 0.3 is 0 Å². The average Bonchev–Trinajstić information content (AvgIpc) is 2.62. The summed E-state index contributed by atoms with van der Waals surface area (Å²) in [5.74, 6) is -0.463. The third-order valence-corrected chi connectivity index (χ3v) is 5.05. The quantitative estimate of drug-likeness (QED) is 0.710. The maximum absolute atomic E-state index is 13.2. The molecule has 3 nitrogen and oxygen atoms in total. The first kappa shape index (κ1) is 16.0. The molecule has 0 saturated carbocycles. The second kappa shape index (κ2) is 6.12. The van der Waals surface area contributed by atoms with Gasteiger partial charge in [0.2, 0.25) is 5.43 Å². The minimum atomic E-state index is -0.576. The fourth-order valence-electron chi connectivity index (χ4n) is 3.40. The van der Waals surface area contributed by atoms with Crippen LogP contribution in [0.1, 0.15) is 24.0 Å². The van der Waals surface area contributed by atoms with Crippen LogP contribution in [0.4, 0.5) is 15.8 Å². The van der Waals surface area contributed by atoms with Gasteiger partial charge in [-0.05, 0) is 60.6 Å². The number of anilines is 2. The third kappa shape index (κ3) is 2.76. The van der Waals surface area contributed by atoms with Crippen molar-refractivity contribution < 1.29 is 4.39 Å². The largest absolute Gasteiger partial charge is 0.350 e. The van der Waals surface area contributed by atoms with Crippen molar-refractivity contribution in [1.82, 2.24) is 0 Å². The number of benzene rings is 2. The highest BCUT2D eigenvalue weighted by atomic mass is 35.5. The summed E-state index contributed by atoms with van der Waals surface area (Å²) in [6.07, 6.45) is 4.37. The van der Waals surface area contributed by atoms with Crippen molar-refractivity contribution in [3.63, 3.8) is 0 Å². The van der Waals surface area contributed by atoms with Gasteiger partial charge in [0.15, 0.2) is 0 Å². The van der Waals surface area contributed by atoms with Gasteiger partial charge in [-0.25, -0.2) is 4.39 Å². The lowest BCUT2D eigenvalue weighted by atomic mass is 9.88. The van der Waals surface area contributed by atoms with Crippen molar-refractivity contribution in [2.75, 3.05) is 5.32 Å². The number of halogens is 2. The summed E-state index contributed by atoms with van der Waals surface area (Å²) in [6.45, 7) is 0. The number of fused-ring (bicyclic) bond motifs is 1. The molecule has 0 heterocycles. The molecular weight excluding hydrogens is 341 g/mol. The highest BCUT2D eigenvalue weighted by Gasteiger charge is 2.24. The van der Waals surface area contributed by atoms with Crippen LogP contribution in [0.2, 0.25) is 5.02 Å². The van der Waals surface area contributed by atoms with Crippen LogP contribution < -0.4 is 16.2 Å². The Bertz CT molecular complexity index is 1050. The molecule has 0 aromatic heterocycles. The SMILES string of the molecule is O=c1c(Nc2ccc(F)cc2Cl)c(-c2ccc3c(c2)CCCC3)c1=O. The van der Waals surface area contributed by atoms with Crippen molar-refractivity contribution >= 4 is 23.0 Å². The van der Waals surface area contributed by atoms with Crippen LogP contribution >= 0.6 is 11.6 Å². The average molecular weight is 356 g/mol. The fourth-order valence-corrected chi connectivity index (χ4v) is 3.62. The Morgan fingerprint density at radius 1 is 0.920 bits per heavy atom. The topological polar surface area (TPSA) is 46.2 Å². The number of rotatable bonds is 3. The molecule has 4 rings (SSSR count). The normalized spacial score (nSPS) is 13.7. The summed E-state index contributed by atoms with van der Waals surface area (Å²) >= 11 is 6.01. The zero-order valence-electron chi connectivity index (χ0n) is 13.4. The standard InChI is InChI=1S/C20H15ClFNO2/c21-15-10-14(22)7-8-16(15)23-18-17(19(24)20(18)25)13-6-5-11-3-1-2-4-12(11)9-13/h5-10,23H,1-4H2. The summed E-state index contributed by atoms with van der Waals surface area (Å²) in [6, 6.07) is 9.78. The lowest BCUT2D eigenvalue weighted by Crippen LogP contribution is -2.35. The van der Waals surface area contributed by atoms with Gasteiger partial charge in [0, 0.05) is 0 Å². The van der Waals surface area contributed by atoms with E-state index < -0.39 is 16.7 Å². The fraction of sp³-hybridized carbons (Fsp3) is 0.200. The smallest absolute Gasteiger partial charge is 0.250 e. The predicted molar refractivity (Wildman–Crippen MR) is 98.1 cm³/mol. The molecule has 1 aliphatic rings. The van der Waals surface area contributed by atoms with Crippen molar-refractivity contribution in [2.24, 2.45) is 0 Å². The second-order valence-electron chi connectivity index (χ2n) is 6.35.